The van der Waals surface area contributed by atoms with Gasteiger partial charge in [-0.15, -0.1) is 0 Å². The molecule has 4 heterocycles. The number of anilines is 2. The van der Waals surface area contributed by atoms with Crippen LogP contribution < -0.4 is 20.9 Å². The molecule has 1 unspecified atom stereocenters. The van der Waals surface area contributed by atoms with Gasteiger partial charge < -0.3 is 25.7 Å². The lowest BCUT2D eigenvalue weighted by atomic mass is 9.77. The Kier molecular flexibility index (Phi) is 8.85. The summed E-state index contributed by atoms with van der Waals surface area (Å²) < 4.78 is 5.48. The van der Waals surface area contributed by atoms with Gasteiger partial charge in [0.15, 0.2) is 0 Å². The number of imide groups is 2. The van der Waals surface area contributed by atoms with Gasteiger partial charge in [-0.1, -0.05) is 0 Å². The van der Waals surface area contributed by atoms with Crippen LogP contribution in [0.1, 0.15) is 64.9 Å². The van der Waals surface area contributed by atoms with Crippen molar-refractivity contribution >= 4 is 57.8 Å². The molecule has 13 heteroatoms. The molecule has 4 amide bonds. The van der Waals surface area contributed by atoms with E-state index < -0.39 is 29.7 Å². The zero-order chi connectivity index (χ0) is 33.2. The van der Waals surface area contributed by atoms with E-state index in [0.717, 1.165) is 72.6 Å². The van der Waals surface area contributed by atoms with E-state index in [4.69, 9.17) is 15.1 Å². The van der Waals surface area contributed by atoms with Gasteiger partial charge in [-0.25, -0.2) is 4.98 Å². The highest BCUT2D eigenvalue weighted by molar-refractivity contribution is 6.23. The molecule has 2 saturated heterocycles. The second-order valence-electron chi connectivity index (χ2n) is 12.7. The molecular weight excluding hydrogens is 612 g/mol. The second kappa shape index (κ2) is 13.5. The quantitative estimate of drug-likeness (QED) is 0.137. The zero-order valence-corrected chi connectivity index (χ0v) is 26.5. The summed E-state index contributed by atoms with van der Waals surface area (Å²) in [6.45, 7) is 3.85. The monoisotopic (exact) mass is 650 g/mol. The van der Waals surface area contributed by atoms with E-state index in [1.807, 2.05) is 12.3 Å². The standard InChI is InChI=1S/C35H38N8O5/c36-18-22(30-20-39-28-6-4-25(17-29(28)40-30)42-10-12-48-13-11-42)19-38-24-14-21(15-24)2-1-9-37-23-3-5-26-27(16-23)35(47)43(34(26)46)31-7-8-32(44)41-33(31)45/h3-6,16-21,24,31,36-38H,1-2,7-15H2,(H,41,44,45)/b22-19+,36-18?. The minimum atomic E-state index is -0.971. The fourth-order valence-corrected chi connectivity index (χ4v) is 6.87. The van der Waals surface area contributed by atoms with E-state index in [1.165, 1.54) is 6.21 Å². The first-order chi connectivity index (χ1) is 23.4. The van der Waals surface area contributed by atoms with Crippen molar-refractivity contribution in [2.24, 2.45) is 5.92 Å². The molecule has 7 rings (SSSR count). The summed E-state index contributed by atoms with van der Waals surface area (Å²) in [7, 11) is 0. The maximum Gasteiger partial charge on any atom is 0.262 e. The predicted molar refractivity (Wildman–Crippen MR) is 180 cm³/mol. The molecule has 4 aliphatic rings. The molecule has 3 fully saturated rings. The Labute approximate surface area is 277 Å². The molecule has 1 aliphatic carbocycles. The Balaban J connectivity index is 0.869. The lowest BCUT2D eigenvalue weighted by Crippen LogP contribution is -2.54. The third-order valence-corrected chi connectivity index (χ3v) is 9.62. The summed E-state index contributed by atoms with van der Waals surface area (Å²) in [5.74, 6) is -1.42. The van der Waals surface area contributed by atoms with E-state index in [-0.39, 0.29) is 24.0 Å². The smallest absolute Gasteiger partial charge is 0.262 e. The van der Waals surface area contributed by atoms with Crippen LogP contribution in [0.3, 0.4) is 0 Å². The molecule has 3 aliphatic heterocycles. The number of ether oxygens (including phenoxy) is 1. The fourth-order valence-electron chi connectivity index (χ4n) is 6.87. The highest BCUT2D eigenvalue weighted by atomic mass is 16.5. The van der Waals surface area contributed by atoms with E-state index in [1.54, 1.807) is 24.4 Å². The molecule has 1 aromatic heterocycles. The molecule has 3 aromatic rings. The maximum absolute atomic E-state index is 13.1. The molecule has 13 nitrogen and oxygen atoms in total. The van der Waals surface area contributed by atoms with Crippen LogP contribution in [-0.4, -0.2) is 89.6 Å². The Morgan fingerprint density at radius 1 is 1.02 bits per heavy atom. The van der Waals surface area contributed by atoms with Crippen LogP contribution in [0.15, 0.2) is 48.8 Å². The number of hydrogen-bond donors (Lipinski definition) is 4. The van der Waals surface area contributed by atoms with Crippen LogP contribution in [-0.2, 0) is 14.3 Å². The SMILES string of the molecule is N=C/C(=C\NC1CC(CCCNc2ccc3c(c2)C(=O)N(C2CCC(=O)NC2=O)C3=O)C1)c1cnc2ccc(N3CCOCC3)cc2n1. The minimum Gasteiger partial charge on any atom is -0.388 e. The first-order valence-corrected chi connectivity index (χ1v) is 16.5. The van der Waals surface area contributed by atoms with Crippen molar-refractivity contribution in [3.63, 3.8) is 0 Å². The summed E-state index contributed by atoms with van der Waals surface area (Å²) in [4.78, 5) is 62.5. The summed E-state index contributed by atoms with van der Waals surface area (Å²) in [5, 5.41) is 17.0. The second-order valence-corrected chi connectivity index (χ2v) is 12.7. The van der Waals surface area contributed by atoms with E-state index in [2.05, 4.69) is 38.0 Å². The van der Waals surface area contributed by atoms with Crippen LogP contribution in [0.2, 0.25) is 0 Å². The Bertz CT molecular complexity index is 1810. The van der Waals surface area contributed by atoms with Crippen LogP contribution in [0, 0.1) is 11.3 Å². The van der Waals surface area contributed by atoms with Gasteiger partial charge in [-0.05, 0) is 74.4 Å². The number of piperidine rings is 1. The number of benzene rings is 2. The largest absolute Gasteiger partial charge is 0.388 e. The molecule has 2 aromatic carbocycles. The Hall–Kier alpha value is -5.17. The van der Waals surface area contributed by atoms with Gasteiger partial charge in [0.25, 0.3) is 11.8 Å². The number of aromatic nitrogens is 2. The molecule has 48 heavy (non-hydrogen) atoms. The summed E-state index contributed by atoms with van der Waals surface area (Å²) in [6.07, 6.45) is 9.21. The van der Waals surface area contributed by atoms with Crippen molar-refractivity contribution in [1.82, 2.24) is 25.5 Å². The maximum atomic E-state index is 13.1. The van der Waals surface area contributed by atoms with Crippen LogP contribution in [0.25, 0.3) is 16.6 Å². The molecule has 4 N–H and O–H groups in total. The number of carbonyl (C=O) groups excluding carboxylic acids is 4. The Morgan fingerprint density at radius 3 is 2.62 bits per heavy atom. The van der Waals surface area contributed by atoms with Crippen molar-refractivity contribution in [1.29, 1.82) is 5.41 Å². The van der Waals surface area contributed by atoms with Crippen LogP contribution in [0.5, 0.6) is 0 Å². The highest BCUT2D eigenvalue weighted by Gasteiger charge is 2.44. The third-order valence-electron chi connectivity index (χ3n) is 9.62. The van der Waals surface area contributed by atoms with Gasteiger partial charge in [0, 0.05) is 61.5 Å². The van der Waals surface area contributed by atoms with E-state index >= 15 is 0 Å². The normalized spacial score (nSPS) is 22.8. The number of hydrogen-bond acceptors (Lipinski definition) is 11. The number of nitrogens with zero attached hydrogens (tertiary/aromatic N) is 4. The fraction of sp³-hybridized carbons (Fsp3) is 0.400. The van der Waals surface area contributed by atoms with E-state index in [9.17, 15) is 19.2 Å². The minimum absolute atomic E-state index is 0.0907. The van der Waals surface area contributed by atoms with Gasteiger partial charge >= 0.3 is 0 Å². The number of nitrogens with one attached hydrogen (secondary N) is 4. The summed E-state index contributed by atoms with van der Waals surface area (Å²) in [6, 6.07) is 10.5. The number of amides is 4. The first kappa shape index (κ1) is 31.4. The molecule has 0 radical (unpaired) electrons. The van der Waals surface area contributed by atoms with Crippen molar-refractivity contribution in [2.75, 3.05) is 43.1 Å². The number of fused-ring (bicyclic) bond motifs is 2. The molecule has 0 spiro atoms. The van der Waals surface area contributed by atoms with Crippen molar-refractivity contribution in [3.05, 3.63) is 65.6 Å². The first-order valence-electron chi connectivity index (χ1n) is 16.5. The van der Waals surface area contributed by atoms with Crippen LogP contribution in [0.4, 0.5) is 11.4 Å². The van der Waals surface area contributed by atoms with Gasteiger partial charge in [0.2, 0.25) is 11.8 Å². The lowest BCUT2D eigenvalue weighted by molar-refractivity contribution is -0.136. The van der Waals surface area contributed by atoms with Gasteiger partial charge in [-0.2, -0.15) is 0 Å². The van der Waals surface area contributed by atoms with Crippen LogP contribution >= 0.6 is 0 Å². The summed E-state index contributed by atoms with van der Waals surface area (Å²) >= 11 is 0. The predicted octanol–water partition coefficient (Wildman–Crippen LogP) is 3.12. The molecular formula is C35H38N8O5. The number of rotatable bonds is 11. The average Bonchev–Trinajstić information content (AvgIpc) is 3.33. The Morgan fingerprint density at radius 2 is 1.83 bits per heavy atom. The lowest BCUT2D eigenvalue weighted by Gasteiger charge is -2.36. The van der Waals surface area contributed by atoms with Gasteiger partial charge in [0.05, 0.1) is 47.3 Å². The molecule has 1 saturated carbocycles. The van der Waals surface area contributed by atoms with Crippen molar-refractivity contribution in [2.45, 2.75) is 50.6 Å². The topological polar surface area (TPSA) is 170 Å². The van der Waals surface area contributed by atoms with Crippen molar-refractivity contribution in [3.8, 4) is 0 Å². The third kappa shape index (κ3) is 6.37. The molecule has 248 valence electrons. The number of allylic oxidation sites excluding steroid dienone is 1. The zero-order valence-electron chi connectivity index (χ0n) is 26.5. The van der Waals surface area contributed by atoms with E-state index in [0.29, 0.717) is 36.4 Å². The van der Waals surface area contributed by atoms with Gasteiger partial charge in [0.1, 0.15) is 6.04 Å². The molecule has 0 bridgehead atoms. The number of carbonyl (C=O) groups is 4. The van der Waals surface area contributed by atoms with Gasteiger partial charge in [-0.3, -0.25) is 34.4 Å². The highest BCUT2D eigenvalue weighted by Crippen LogP contribution is 2.33. The summed E-state index contributed by atoms with van der Waals surface area (Å²) in [5.41, 5.74) is 5.35. The van der Waals surface area contributed by atoms with Crippen molar-refractivity contribution < 1.29 is 23.9 Å². The molecule has 1 atom stereocenters. The number of morpholine rings is 1. The average molecular weight is 651 g/mol.